The summed E-state index contributed by atoms with van der Waals surface area (Å²) in [6.07, 6.45) is 0.368. The zero-order chi connectivity index (χ0) is 21.3. The van der Waals surface area contributed by atoms with E-state index in [9.17, 15) is 9.59 Å². The van der Waals surface area contributed by atoms with E-state index in [2.05, 4.69) is 5.32 Å². The van der Waals surface area contributed by atoms with Gasteiger partial charge < -0.3 is 24.4 Å². The molecular weight excluding hydrogens is 408 g/mol. The first-order valence-corrected chi connectivity index (χ1v) is 10.1. The minimum Gasteiger partial charge on any atom is -0.478 e. The second-order valence-corrected chi connectivity index (χ2v) is 8.32. The molecule has 0 bridgehead atoms. The van der Waals surface area contributed by atoms with Gasteiger partial charge >= 0.3 is 0 Å². The molecule has 1 atom stereocenters. The molecule has 4 rings (SSSR count). The highest BCUT2D eigenvalue weighted by Crippen LogP contribution is 2.37. The van der Waals surface area contributed by atoms with Gasteiger partial charge in [-0.15, -0.1) is 0 Å². The number of fused-ring (bicyclic) bond motifs is 1. The first-order chi connectivity index (χ1) is 14.3. The van der Waals surface area contributed by atoms with E-state index in [1.807, 2.05) is 12.1 Å². The van der Waals surface area contributed by atoms with Crippen molar-refractivity contribution in [3.63, 3.8) is 0 Å². The molecule has 7 nitrogen and oxygen atoms in total. The lowest BCUT2D eigenvalue weighted by atomic mass is 10.1. The van der Waals surface area contributed by atoms with Crippen molar-refractivity contribution in [1.82, 2.24) is 5.32 Å². The van der Waals surface area contributed by atoms with Gasteiger partial charge in [-0.05, 0) is 50.2 Å². The molecule has 8 heteroatoms. The standard InChI is InChI=1S/C22H23ClN2O5/c1-22(2,30-17-6-3-15(23)4-7-17)21(27)24-11-14-9-20(26)25(12-14)16-5-8-18-19(10-16)29-13-28-18/h3-8,10,14H,9,11-13H2,1-2H3,(H,24,27). The molecule has 2 aromatic carbocycles. The van der Waals surface area contributed by atoms with Gasteiger partial charge in [0.1, 0.15) is 5.75 Å². The summed E-state index contributed by atoms with van der Waals surface area (Å²) in [4.78, 5) is 26.9. The number of benzene rings is 2. The molecule has 30 heavy (non-hydrogen) atoms. The molecule has 158 valence electrons. The summed E-state index contributed by atoms with van der Waals surface area (Å²) in [6, 6.07) is 12.3. The predicted molar refractivity (Wildman–Crippen MR) is 112 cm³/mol. The molecule has 1 fully saturated rings. The second-order valence-electron chi connectivity index (χ2n) is 7.89. The lowest BCUT2D eigenvalue weighted by Crippen LogP contribution is -2.48. The summed E-state index contributed by atoms with van der Waals surface area (Å²) >= 11 is 5.88. The van der Waals surface area contributed by atoms with Crippen LogP contribution < -0.4 is 24.4 Å². The third-order valence-corrected chi connectivity index (χ3v) is 5.41. The molecule has 0 spiro atoms. The monoisotopic (exact) mass is 430 g/mol. The number of ether oxygens (including phenoxy) is 3. The lowest BCUT2D eigenvalue weighted by molar-refractivity contribution is -0.134. The van der Waals surface area contributed by atoms with Crippen molar-refractivity contribution in [2.45, 2.75) is 25.9 Å². The van der Waals surface area contributed by atoms with Gasteiger partial charge in [0.05, 0.1) is 0 Å². The van der Waals surface area contributed by atoms with E-state index in [1.165, 1.54) is 0 Å². The smallest absolute Gasteiger partial charge is 0.263 e. The van der Waals surface area contributed by atoms with Crippen LogP contribution in [-0.4, -0.2) is 37.3 Å². The summed E-state index contributed by atoms with van der Waals surface area (Å²) in [5, 5.41) is 3.52. The number of nitrogens with zero attached hydrogens (tertiary/aromatic N) is 1. The highest BCUT2D eigenvalue weighted by Gasteiger charge is 2.34. The zero-order valence-corrected chi connectivity index (χ0v) is 17.6. The number of halogens is 1. The molecule has 0 saturated carbocycles. The predicted octanol–water partition coefficient (Wildman–Crippen LogP) is 3.40. The lowest BCUT2D eigenvalue weighted by Gasteiger charge is -2.26. The first kappa shape index (κ1) is 20.3. The van der Waals surface area contributed by atoms with E-state index in [-0.39, 0.29) is 24.5 Å². The molecule has 2 aromatic rings. The summed E-state index contributed by atoms with van der Waals surface area (Å²) < 4.78 is 16.5. The number of nitrogens with one attached hydrogen (secondary N) is 1. The van der Waals surface area contributed by atoms with Gasteiger partial charge in [-0.3, -0.25) is 9.59 Å². The van der Waals surface area contributed by atoms with E-state index in [1.54, 1.807) is 49.1 Å². The van der Waals surface area contributed by atoms with Crippen molar-refractivity contribution in [1.29, 1.82) is 0 Å². The Balaban J connectivity index is 1.33. The topological polar surface area (TPSA) is 77.1 Å². The molecule has 1 saturated heterocycles. The van der Waals surface area contributed by atoms with Crippen LogP contribution in [0, 0.1) is 5.92 Å². The Morgan fingerprint density at radius 2 is 1.93 bits per heavy atom. The number of amides is 2. The second kappa shape index (κ2) is 8.07. The Hall–Kier alpha value is -2.93. The maximum Gasteiger partial charge on any atom is 0.263 e. The van der Waals surface area contributed by atoms with Gasteiger partial charge in [0.25, 0.3) is 5.91 Å². The van der Waals surface area contributed by atoms with Crippen LogP contribution in [0.4, 0.5) is 5.69 Å². The quantitative estimate of drug-likeness (QED) is 0.760. The largest absolute Gasteiger partial charge is 0.478 e. The van der Waals surface area contributed by atoms with Crippen LogP contribution in [0.15, 0.2) is 42.5 Å². The van der Waals surface area contributed by atoms with Gasteiger partial charge in [0, 0.05) is 42.2 Å². The van der Waals surface area contributed by atoms with Crippen LogP contribution >= 0.6 is 11.6 Å². The number of hydrogen-bond acceptors (Lipinski definition) is 5. The van der Waals surface area contributed by atoms with E-state index in [0.29, 0.717) is 41.8 Å². The zero-order valence-electron chi connectivity index (χ0n) is 16.8. The van der Waals surface area contributed by atoms with Gasteiger partial charge in [-0.1, -0.05) is 11.6 Å². The molecule has 0 radical (unpaired) electrons. The van der Waals surface area contributed by atoms with E-state index < -0.39 is 5.60 Å². The third kappa shape index (κ3) is 4.31. The Morgan fingerprint density at radius 1 is 1.20 bits per heavy atom. The SMILES string of the molecule is CC(C)(Oc1ccc(Cl)cc1)C(=O)NCC1CC(=O)N(c2ccc3c(c2)OCO3)C1. The summed E-state index contributed by atoms with van der Waals surface area (Å²) in [5.74, 6) is 1.66. The molecule has 0 aliphatic carbocycles. The minimum atomic E-state index is -1.06. The minimum absolute atomic E-state index is 0.0122. The molecule has 1 N–H and O–H groups in total. The molecule has 2 aliphatic rings. The van der Waals surface area contributed by atoms with Crippen LogP contribution in [0.3, 0.4) is 0 Å². The van der Waals surface area contributed by atoms with Crippen LogP contribution in [0.1, 0.15) is 20.3 Å². The highest BCUT2D eigenvalue weighted by atomic mass is 35.5. The highest BCUT2D eigenvalue weighted by molar-refractivity contribution is 6.30. The normalized spacial score (nSPS) is 17.9. The van der Waals surface area contributed by atoms with Crippen molar-refractivity contribution in [2.75, 3.05) is 24.8 Å². The van der Waals surface area contributed by atoms with Gasteiger partial charge in [-0.2, -0.15) is 0 Å². The van der Waals surface area contributed by atoms with Crippen molar-refractivity contribution in [3.8, 4) is 17.2 Å². The number of anilines is 1. The first-order valence-electron chi connectivity index (χ1n) is 9.75. The Bertz CT molecular complexity index is 961. The number of carbonyl (C=O) groups is 2. The molecular formula is C22H23ClN2O5. The van der Waals surface area contributed by atoms with Crippen LogP contribution in [0.5, 0.6) is 17.2 Å². The third-order valence-electron chi connectivity index (χ3n) is 5.16. The average Bonchev–Trinajstić information content (AvgIpc) is 3.33. The summed E-state index contributed by atoms with van der Waals surface area (Å²) in [6.45, 7) is 4.51. The van der Waals surface area contributed by atoms with Crippen LogP contribution in [-0.2, 0) is 9.59 Å². The van der Waals surface area contributed by atoms with Crippen molar-refractivity contribution < 1.29 is 23.8 Å². The van der Waals surface area contributed by atoms with Crippen molar-refractivity contribution in [2.24, 2.45) is 5.92 Å². The Labute approximate surface area is 179 Å². The number of carbonyl (C=O) groups excluding carboxylic acids is 2. The number of hydrogen-bond donors (Lipinski definition) is 1. The summed E-state index contributed by atoms with van der Waals surface area (Å²) in [7, 11) is 0. The molecule has 0 aromatic heterocycles. The Kier molecular flexibility index (Phi) is 5.47. The molecule has 2 aliphatic heterocycles. The van der Waals surface area contributed by atoms with E-state index >= 15 is 0 Å². The number of rotatable bonds is 6. The van der Waals surface area contributed by atoms with Crippen molar-refractivity contribution >= 4 is 29.1 Å². The molecule has 1 unspecified atom stereocenters. The van der Waals surface area contributed by atoms with Crippen molar-refractivity contribution in [3.05, 3.63) is 47.5 Å². The summed E-state index contributed by atoms with van der Waals surface area (Å²) in [5.41, 5.74) is -0.294. The van der Waals surface area contributed by atoms with E-state index in [4.69, 9.17) is 25.8 Å². The van der Waals surface area contributed by atoms with Gasteiger partial charge in [0.15, 0.2) is 17.1 Å². The Morgan fingerprint density at radius 3 is 2.70 bits per heavy atom. The fourth-order valence-corrected chi connectivity index (χ4v) is 3.64. The van der Waals surface area contributed by atoms with Crippen LogP contribution in [0.25, 0.3) is 0 Å². The maximum atomic E-state index is 12.7. The van der Waals surface area contributed by atoms with Crippen LogP contribution in [0.2, 0.25) is 5.02 Å². The molecule has 2 amide bonds. The fourth-order valence-electron chi connectivity index (χ4n) is 3.51. The maximum absolute atomic E-state index is 12.7. The van der Waals surface area contributed by atoms with Gasteiger partial charge in [-0.25, -0.2) is 0 Å². The average molecular weight is 431 g/mol. The molecule has 2 heterocycles. The fraction of sp³-hybridized carbons (Fsp3) is 0.364. The van der Waals surface area contributed by atoms with Gasteiger partial charge in [0.2, 0.25) is 12.7 Å². The van der Waals surface area contributed by atoms with E-state index in [0.717, 1.165) is 5.69 Å².